The number of carbonyl (C=O) groups is 2. The van der Waals surface area contributed by atoms with Gasteiger partial charge in [0, 0.05) is 35.2 Å². The van der Waals surface area contributed by atoms with Crippen LogP contribution in [0.15, 0.2) is 65.6 Å². The molecule has 0 radical (unpaired) electrons. The lowest BCUT2D eigenvalue weighted by Crippen LogP contribution is -2.41. The highest BCUT2D eigenvalue weighted by Crippen LogP contribution is 2.30. The van der Waals surface area contributed by atoms with E-state index in [1.54, 1.807) is 12.1 Å². The number of benzene rings is 3. The normalized spacial score (nSPS) is 13.5. The van der Waals surface area contributed by atoms with Crippen molar-refractivity contribution in [3.05, 3.63) is 76.8 Å². The number of hydrogen-bond donors (Lipinski definition) is 1. The highest BCUT2D eigenvalue weighted by Gasteiger charge is 2.32. The van der Waals surface area contributed by atoms with Crippen LogP contribution in [0.2, 0.25) is 0 Å². The Labute approximate surface area is 198 Å². The van der Waals surface area contributed by atoms with Crippen LogP contribution in [0.5, 0.6) is 0 Å². The molecule has 0 spiro atoms. The summed E-state index contributed by atoms with van der Waals surface area (Å²) in [6, 6.07) is 16.3. The Kier molecular flexibility index (Phi) is 5.60. The van der Waals surface area contributed by atoms with Crippen LogP contribution in [0, 0.1) is 0 Å². The molecule has 1 aromatic heterocycles. The average molecular weight is 494 g/mol. The van der Waals surface area contributed by atoms with E-state index in [4.69, 9.17) is 0 Å². The smallest absolute Gasteiger partial charge is 0.261 e. The molecule has 5 rings (SSSR count). The largest absolute Gasteiger partial charge is 0.744 e. The monoisotopic (exact) mass is 493 g/mol. The number of hydrogen-bond acceptors (Lipinski definition) is 9. The first kappa shape index (κ1) is 22.1. The lowest BCUT2D eigenvalue weighted by atomic mass is 9.94. The molecule has 172 valence electrons. The first-order chi connectivity index (χ1) is 16.3. The van der Waals surface area contributed by atoms with Gasteiger partial charge in [-0.15, -0.1) is 10.2 Å². The van der Waals surface area contributed by atoms with Crippen molar-refractivity contribution in [3.8, 4) is 0 Å². The van der Waals surface area contributed by atoms with Crippen LogP contribution in [0.1, 0.15) is 32.1 Å². The predicted octanol–water partition coefficient (Wildman–Crippen LogP) is 3.57. The van der Waals surface area contributed by atoms with Crippen LogP contribution in [-0.2, 0) is 16.5 Å². The zero-order chi connectivity index (χ0) is 23.9. The van der Waals surface area contributed by atoms with Gasteiger partial charge in [-0.3, -0.25) is 14.5 Å². The summed E-state index contributed by atoms with van der Waals surface area (Å²) in [7, 11) is -4.50. The second kappa shape index (κ2) is 8.60. The zero-order valence-electron chi connectivity index (χ0n) is 17.6. The molecule has 11 heteroatoms. The molecule has 0 unspecified atom stereocenters. The van der Waals surface area contributed by atoms with E-state index >= 15 is 0 Å². The van der Waals surface area contributed by atoms with Crippen LogP contribution in [0.25, 0.3) is 10.8 Å². The maximum absolute atomic E-state index is 13.0. The predicted molar refractivity (Wildman–Crippen MR) is 125 cm³/mol. The number of imide groups is 1. The zero-order valence-corrected chi connectivity index (χ0v) is 19.2. The summed E-state index contributed by atoms with van der Waals surface area (Å²) in [4.78, 5) is 26.9. The molecule has 0 aliphatic carbocycles. The summed E-state index contributed by atoms with van der Waals surface area (Å²) in [5.74, 6) is -0.588. The Balaban J connectivity index is 1.22. The summed E-state index contributed by atoms with van der Waals surface area (Å²) in [6.45, 7) is 0.260. The van der Waals surface area contributed by atoms with Crippen molar-refractivity contribution in [1.29, 1.82) is 0 Å². The molecule has 0 saturated carbocycles. The average Bonchev–Trinajstić information content (AvgIpc) is 3.26. The number of aryl methyl sites for hydroxylation is 1. The Hall–Kier alpha value is -3.67. The molecule has 1 N–H and O–H groups in total. The topological polar surface area (TPSA) is 132 Å². The minimum absolute atomic E-state index is 0.260. The molecular weight excluding hydrogens is 476 g/mol. The summed E-state index contributed by atoms with van der Waals surface area (Å²) >= 11 is 1.31. The minimum atomic E-state index is -4.50. The standard InChI is InChI=1S/C23H18N4O5S2/c28-21-17-6-1-4-14-5-2-7-18(20(14)17)22(29)27(21)13-3-8-19-25-26-23(33-19)24-15-9-11-16(12-10-15)34(30,31)32/h1-2,4-7,9-12H,3,8,13H2,(H,24,26)(H,30,31,32)/p-1. The molecule has 0 fully saturated rings. The van der Waals surface area contributed by atoms with Gasteiger partial charge in [-0.05, 0) is 48.2 Å². The molecule has 2 amide bonds. The van der Waals surface area contributed by atoms with E-state index < -0.39 is 10.1 Å². The Bertz CT molecular complexity index is 1480. The van der Waals surface area contributed by atoms with Gasteiger partial charge in [-0.1, -0.05) is 35.6 Å². The molecule has 1 aliphatic rings. The van der Waals surface area contributed by atoms with Gasteiger partial charge in [0.15, 0.2) is 0 Å². The quantitative estimate of drug-likeness (QED) is 0.305. The lowest BCUT2D eigenvalue weighted by Gasteiger charge is -2.27. The number of carbonyl (C=O) groups excluding carboxylic acids is 2. The molecule has 0 bridgehead atoms. The maximum Gasteiger partial charge on any atom is 0.261 e. The third-order valence-electron chi connectivity index (χ3n) is 5.49. The third kappa shape index (κ3) is 4.16. The van der Waals surface area contributed by atoms with Crippen LogP contribution >= 0.6 is 11.3 Å². The number of amides is 2. The van der Waals surface area contributed by atoms with Gasteiger partial charge < -0.3 is 9.87 Å². The van der Waals surface area contributed by atoms with Gasteiger partial charge >= 0.3 is 0 Å². The van der Waals surface area contributed by atoms with Crippen molar-refractivity contribution >= 4 is 54.9 Å². The van der Waals surface area contributed by atoms with E-state index in [1.807, 2.05) is 24.3 Å². The van der Waals surface area contributed by atoms with Gasteiger partial charge in [-0.25, -0.2) is 8.42 Å². The van der Waals surface area contributed by atoms with Gasteiger partial charge in [0.1, 0.15) is 15.1 Å². The van der Waals surface area contributed by atoms with Crippen molar-refractivity contribution in [2.24, 2.45) is 0 Å². The molecule has 2 heterocycles. The second-order valence-electron chi connectivity index (χ2n) is 7.68. The fourth-order valence-corrected chi connectivity index (χ4v) is 5.18. The molecular formula is C23H17N4O5S2-. The molecule has 1 aliphatic heterocycles. The number of rotatable bonds is 7. The first-order valence-corrected chi connectivity index (χ1v) is 12.6. The van der Waals surface area contributed by atoms with Gasteiger partial charge in [0.05, 0.1) is 4.90 Å². The second-order valence-corrected chi connectivity index (χ2v) is 10.1. The number of nitrogens with zero attached hydrogens (tertiary/aromatic N) is 3. The van der Waals surface area contributed by atoms with Gasteiger partial charge in [-0.2, -0.15) is 0 Å². The van der Waals surface area contributed by atoms with E-state index in [1.165, 1.54) is 40.5 Å². The van der Waals surface area contributed by atoms with E-state index in [2.05, 4.69) is 15.5 Å². The molecule has 0 saturated heterocycles. The number of anilines is 2. The Morgan fingerprint density at radius 2 is 1.56 bits per heavy atom. The van der Waals surface area contributed by atoms with E-state index in [-0.39, 0.29) is 23.3 Å². The SMILES string of the molecule is O=C1c2cccc3cccc(c23)C(=O)N1CCCc1nnc(Nc2ccc(S(=O)(=O)[O-])cc2)s1. The number of nitrogens with one attached hydrogen (secondary N) is 1. The summed E-state index contributed by atoms with van der Waals surface area (Å²) < 4.78 is 33.1. The van der Waals surface area contributed by atoms with E-state index in [9.17, 15) is 22.6 Å². The van der Waals surface area contributed by atoms with Crippen molar-refractivity contribution in [2.45, 2.75) is 17.7 Å². The summed E-state index contributed by atoms with van der Waals surface area (Å²) in [5, 5.41) is 14.0. The maximum atomic E-state index is 13.0. The Morgan fingerprint density at radius 1 is 0.912 bits per heavy atom. The van der Waals surface area contributed by atoms with Crippen molar-refractivity contribution < 1.29 is 22.6 Å². The van der Waals surface area contributed by atoms with Crippen molar-refractivity contribution in [2.75, 3.05) is 11.9 Å². The van der Waals surface area contributed by atoms with Crippen LogP contribution < -0.4 is 5.32 Å². The molecule has 3 aromatic carbocycles. The third-order valence-corrected chi connectivity index (χ3v) is 7.24. The molecule has 4 aromatic rings. The van der Waals surface area contributed by atoms with Gasteiger partial charge in [0.2, 0.25) is 5.13 Å². The molecule has 0 atom stereocenters. The first-order valence-electron chi connectivity index (χ1n) is 10.3. The fourth-order valence-electron chi connectivity index (χ4n) is 3.91. The highest BCUT2D eigenvalue weighted by molar-refractivity contribution is 7.85. The van der Waals surface area contributed by atoms with Crippen LogP contribution in [-0.4, -0.2) is 46.4 Å². The van der Waals surface area contributed by atoms with Crippen molar-refractivity contribution in [3.63, 3.8) is 0 Å². The summed E-state index contributed by atoms with van der Waals surface area (Å²) in [6.07, 6.45) is 1.05. The van der Waals surface area contributed by atoms with Crippen LogP contribution in [0.3, 0.4) is 0 Å². The molecule has 9 nitrogen and oxygen atoms in total. The minimum Gasteiger partial charge on any atom is -0.744 e. The van der Waals surface area contributed by atoms with Gasteiger partial charge in [0.25, 0.3) is 11.8 Å². The lowest BCUT2D eigenvalue weighted by molar-refractivity contribution is 0.0609. The van der Waals surface area contributed by atoms with E-state index in [0.717, 1.165) is 10.4 Å². The molecule has 34 heavy (non-hydrogen) atoms. The van der Waals surface area contributed by atoms with E-state index in [0.29, 0.717) is 40.2 Å². The fraction of sp³-hybridized carbons (Fsp3) is 0.130. The summed E-state index contributed by atoms with van der Waals surface area (Å²) in [5.41, 5.74) is 1.63. The Morgan fingerprint density at radius 3 is 2.18 bits per heavy atom. The number of aromatic nitrogens is 2. The van der Waals surface area contributed by atoms with Crippen molar-refractivity contribution in [1.82, 2.24) is 15.1 Å². The van der Waals surface area contributed by atoms with Crippen LogP contribution in [0.4, 0.5) is 10.8 Å². The highest BCUT2D eigenvalue weighted by atomic mass is 32.2.